The molecule has 0 aliphatic heterocycles. The Bertz CT molecular complexity index is 596. The topological polar surface area (TPSA) is 38.3 Å². The first kappa shape index (κ1) is 15.4. The molecule has 0 saturated carbocycles. The van der Waals surface area contributed by atoms with Crippen LogP contribution in [0.3, 0.4) is 0 Å². The number of halogens is 1. The molecular weight excluding hydrogens is 286 g/mol. The molecule has 2 aromatic carbocycles. The maximum Gasteiger partial charge on any atom is 0.258 e. The SMILES string of the molecule is CCc1cccc(OCC(=O)NCc2ccc(Cl)cc2)c1. The van der Waals surface area contributed by atoms with Crippen molar-refractivity contribution in [1.82, 2.24) is 5.32 Å². The summed E-state index contributed by atoms with van der Waals surface area (Å²) in [7, 11) is 0. The molecule has 21 heavy (non-hydrogen) atoms. The Balaban J connectivity index is 1.78. The molecule has 0 saturated heterocycles. The smallest absolute Gasteiger partial charge is 0.258 e. The molecule has 0 fully saturated rings. The standard InChI is InChI=1S/C17H18ClNO2/c1-2-13-4-3-5-16(10-13)21-12-17(20)19-11-14-6-8-15(18)9-7-14/h3-10H,2,11-12H2,1H3,(H,19,20). The van der Waals surface area contributed by atoms with Gasteiger partial charge in [-0.15, -0.1) is 0 Å². The van der Waals surface area contributed by atoms with E-state index in [1.54, 1.807) is 12.1 Å². The lowest BCUT2D eigenvalue weighted by Gasteiger charge is -2.08. The van der Waals surface area contributed by atoms with Gasteiger partial charge < -0.3 is 10.1 Å². The maximum absolute atomic E-state index is 11.7. The predicted molar refractivity (Wildman–Crippen MR) is 84.6 cm³/mol. The van der Waals surface area contributed by atoms with Gasteiger partial charge in [0.2, 0.25) is 0 Å². The van der Waals surface area contributed by atoms with Crippen molar-refractivity contribution >= 4 is 17.5 Å². The summed E-state index contributed by atoms with van der Waals surface area (Å²) >= 11 is 5.81. The third kappa shape index (κ3) is 5.12. The van der Waals surface area contributed by atoms with Crippen LogP contribution in [0.25, 0.3) is 0 Å². The molecule has 1 N–H and O–H groups in total. The fraction of sp³-hybridized carbons (Fsp3) is 0.235. The normalized spacial score (nSPS) is 10.2. The van der Waals surface area contributed by atoms with Crippen LogP contribution in [0, 0.1) is 0 Å². The zero-order valence-corrected chi connectivity index (χ0v) is 12.7. The molecule has 0 radical (unpaired) electrons. The lowest BCUT2D eigenvalue weighted by atomic mass is 10.2. The number of benzene rings is 2. The van der Waals surface area contributed by atoms with E-state index < -0.39 is 0 Å². The summed E-state index contributed by atoms with van der Waals surface area (Å²) in [5.74, 6) is 0.572. The number of rotatable bonds is 6. The molecule has 0 aliphatic carbocycles. The summed E-state index contributed by atoms with van der Waals surface area (Å²) in [4.78, 5) is 11.7. The Kier molecular flexibility index (Phi) is 5.64. The lowest BCUT2D eigenvalue weighted by Crippen LogP contribution is -2.28. The van der Waals surface area contributed by atoms with E-state index in [0.29, 0.717) is 11.6 Å². The van der Waals surface area contributed by atoms with E-state index in [2.05, 4.69) is 12.2 Å². The van der Waals surface area contributed by atoms with Gasteiger partial charge in [-0.25, -0.2) is 0 Å². The highest BCUT2D eigenvalue weighted by Crippen LogP contribution is 2.13. The van der Waals surface area contributed by atoms with Crippen molar-refractivity contribution in [2.75, 3.05) is 6.61 Å². The number of carbonyl (C=O) groups excluding carboxylic acids is 1. The van der Waals surface area contributed by atoms with Gasteiger partial charge in [-0.3, -0.25) is 4.79 Å². The number of hydrogen-bond donors (Lipinski definition) is 1. The third-order valence-electron chi connectivity index (χ3n) is 3.08. The summed E-state index contributed by atoms with van der Waals surface area (Å²) in [5.41, 5.74) is 2.19. The van der Waals surface area contributed by atoms with E-state index in [9.17, 15) is 4.79 Å². The molecule has 4 heteroatoms. The van der Waals surface area contributed by atoms with E-state index >= 15 is 0 Å². The minimum absolute atomic E-state index is 0.0146. The average Bonchev–Trinajstić information content (AvgIpc) is 2.52. The molecule has 2 aromatic rings. The third-order valence-corrected chi connectivity index (χ3v) is 3.33. The molecule has 0 unspecified atom stereocenters. The lowest BCUT2D eigenvalue weighted by molar-refractivity contribution is -0.123. The van der Waals surface area contributed by atoms with Gasteiger partial charge in [0.1, 0.15) is 5.75 Å². The quantitative estimate of drug-likeness (QED) is 0.885. The number of amides is 1. The summed E-state index contributed by atoms with van der Waals surface area (Å²) < 4.78 is 5.48. The van der Waals surface area contributed by atoms with Gasteiger partial charge >= 0.3 is 0 Å². The summed E-state index contributed by atoms with van der Waals surface area (Å²) in [6.07, 6.45) is 0.944. The molecule has 1 amide bonds. The summed E-state index contributed by atoms with van der Waals surface area (Å²) in [5, 5.41) is 3.49. The van der Waals surface area contributed by atoms with Crippen LogP contribution in [-0.4, -0.2) is 12.5 Å². The first-order chi connectivity index (χ1) is 10.2. The van der Waals surface area contributed by atoms with Gasteiger partial charge in [0.05, 0.1) is 0 Å². The minimum atomic E-state index is -0.146. The first-order valence-corrected chi connectivity index (χ1v) is 7.28. The van der Waals surface area contributed by atoms with Crippen molar-refractivity contribution in [2.24, 2.45) is 0 Å². The largest absolute Gasteiger partial charge is 0.484 e. The maximum atomic E-state index is 11.7. The Hall–Kier alpha value is -2.00. The Morgan fingerprint density at radius 3 is 2.62 bits per heavy atom. The highest BCUT2D eigenvalue weighted by atomic mass is 35.5. The number of nitrogens with one attached hydrogen (secondary N) is 1. The van der Waals surface area contributed by atoms with Crippen LogP contribution in [-0.2, 0) is 17.8 Å². The van der Waals surface area contributed by atoms with Crippen LogP contribution in [0.5, 0.6) is 5.75 Å². The van der Waals surface area contributed by atoms with Gasteiger partial charge in [0, 0.05) is 11.6 Å². The zero-order valence-electron chi connectivity index (χ0n) is 11.9. The number of carbonyl (C=O) groups is 1. The van der Waals surface area contributed by atoms with Crippen molar-refractivity contribution in [1.29, 1.82) is 0 Å². The molecule has 0 heterocycles. The Labute approximate surface area is 129 Å². The van der Waals surface area contributed by atoms with Crippen LogP contribution in [0.1, 0.15) is 18.1 Å². The fourth-order valence-electron chi connectivity index (χ4n) is 1.86. The second-order valence-corrected chi connectivity index (χ2v) is 5.13. The summed E-state index contributed by atoms with van der Waals surface area (Å²) in [6.45, 7) is 2.56. The Morgan fingerprint density at radius 1 is 1.14 bits per heavy atom. The van der Waals surface area contributed by atoms with Crippen molar-refractivity contribution < 1.29 is 9.53 Å². The van der Waals surface area contributed by atoms with Crippen molar-refractivity contribution in [3.05, 3.63) is 64.7 Å². The second-order valence-electron chi connectivity index (χ2n) is 4.69. The summed E-state index contributed by atoms with van der Waals surface area (Å²) in [6, 6.07) is 15.1. The molecule has 2 rings (SSSR count). The highest BCUT2D eigenvalue weighted by molar-refractivity contribution is 6.30. The van der Waals surface area contributed by atoms with Crippen molar-refractivity contribution in [2.45, 2.75) is 19.9 Å². The van der Waals surface area contributed by atoms with E-state index in [0.717, 1.165) is 17.7 Å². The average molecular weight is 304 g/mol. The van der Waals surface area contributed by atoms with Crippen LogP contribution >= 0.6 is 11.6 Å². The van der Waals surface area contributed by atoms with E-state index in [1.165, 1.54) is 5.56 Å². The molecule has 0 bridgehead atoms. The van der Waals surface area contributed by atoms with Crippen LogP contribution in [0.4, 0.5) is 0 Å². The second kappa shape index (κ2) is 7.70. The molecule has 3 nitrogen and oxygen atoms in total. The molecule has 0 aliphatic rings. The van der Waals surface area contributed by atoms with Gasteiger partial charge in [0.25, 0.3) is 5.91 Å². The first-order valence-electron chi connectivity index (χ1n) is 6.90. The van der Waals surface area contributed by atoms with Gasteiger partial charge in [0.15, 0.2) is 6.61 Å². The van der Waals surface area contributed by atoms with Crippen LogP contribution < -0.4 is 10.1 Å². The van der Waals surface area contributed by atoms with E-state index in [-0.39, 0.29) is 12.5 Å². The van der Waals surface area contributed by atoms with Crippen molar-refractivity contribution in [3.63, 3.8) is 0 Å². The van der Waals surface area contributed by atoms with E-state index in [1.807, 2.05) is 36.4 Å². The molecule has 0 spiro atoms. The number of aryl methyl sites for hydroxylation is 1. The van der Waals surface area contributed by atoms with E-state index in [4.69, 9.17) is 16.3 Å². The Morgan fingerprint density at radius 2 is 1.90 bits per heavy atom. The monoisotopic (exact) mass is 303 g/mol. The highest BCUT2D eigenvalue weighted by Gasteiger charge is 2.03. The fourth-order valence-corrected chi connectivity index (χ4v) is 1.98. The molecule has 0 atom stereocenters. The number of hydrogen-bond acceptors (Lipinski definition) is 2. The predicted octanol–water partition coefficient (Wildman–Crippen LogP) is 3.60. The zero-order chi connectivity index (χ0) is 15.1. The molecule has 110 valence electrons. The number of ether oxygens (including phenoxy) is 1. The minimum Gasteiger partial charge on any atom is -0.484 e. The van der Waals surface area contributed by atoms with Gasteiger partial charge in [-0.05, 0) is 41.8 Å². The van der Waals surface area contributed by atoms with Gasteiger partial charge in [-0.1, -0.05) is 42.8 Å². The van der Waals surface area contributed by atoms with Crippen LogP contribution in [0.15, 0.2) is 48.5 Å². The van der Waals surface area contributed by atoms with Crippen LogP contribution in [0.2, 0.25) is 5.02 Å². The van der Waals surface area contributed by atoms with Gasteiger partial charge in [-0.2, -0.15) is 0 Å². The molecular formula is C17H18ClNO2. The van der Waals surface area contributed by atoms with Crippen molar-refractivity contribution in [3.8, 4) is 5.75 Å². The molecule has 0 aromatic heterocycles.